The molecule has 3 aromatic rings. The highest BCUT2D eigenvalue weighted by Crippen LogP contribution is 2.18. The smallest absolute Gasteiger partial charge is 0.220 e. The molecular formula is C24H29N7O. The maximum Gasteiger partial charge on any atom is 0.220 e. The molecule has 0 atom stereocenters. The number of nitrogens with one attached hydrogen (secondary N) is 1. The van der Waals surface area contributed by atoms with Gasteiger partial charge in [-0.15, -0.1) is 0 Å². The largest absolute Gasteiger partial charge is 0.369 e. The van der Waals surface area contributed by atoms with Crippen LogP contribution < -0.4 is 10.2 Å². The number of amides is 1. The first kappa shape index (κ1) is 21.8. The van der Waals surface area contributed by atoms with Crippen molar-refractivity contribution < 1.29 is 4.79 Å². The van der Waals surface area contributed by atoms with E-state index in [0.29, 0.717) is 30.6 Å². The van der Waals surface area contributed by atoms with Crippen molar-refractivity contribution in [2.45, 2.75) is 26.7 Å². The van der Waals surface area contributed by atoms with Gasteiger partial charge in [0.1, 0.15) is 11.6 Å². The SMILES string of the molecule is Cc1nc2c(C#N)cnn2c(C)c1CCC(=O)NCCN1CCN(c2ccccc2)CC1. The maximum atomic E-state index is 12.4. The molecule has 1 aliphatic rings. The molecule has 0 spiro atoms. The van der Waals surface area contributed by atoms with Crippen LogP contribution in [-0.4, -0.2) is 64.7 Å². The third kappa shape index (κ3) is 4.73. The van der Waals surface area contributed by atoms with Crippen molar-refractivity contribution in [3.8, 4) is 6.07 Å². The number of hydrogen-bond donors (Lipinski definition) is 1. The molecule has 1 saturated heterocycles. The van der Waals surface area contributed by atoms with Gasteiger partial charge >= 0.3 is 0 Å². The van der Waals surface area contributed by atoms with Gasteiger partial charge in [-0.3, -0.25) is 9.69 Å². The van der Waals surface area contributed by atoms with Crippen molar-refractivity contribution in [2.75, 3.05) is 44.2 Å². The van der Waals surface area contributed by atoms with Gasteiger partial charge in [0.05, 0.1) is 6.20 Å². The molecule has 8 heteroatoms. The van der Waals surface area contributed by atoms with E-state index in [4.69, 9.17) is 0 Å². The Morgan fingerprint density at radius 1 is 1.16 bits per heavy atom. The predicted molar refractivity (Wildman–Crippen MR) is 124 cm³/mol. The van der Waals surface area contributed by atoms with Gasteiger partial charge in [-0.05, 0) is 38.0 Å². The summed E-state index contributed by atoms with van der Waals surface area (Å²) >= 11 is 0. The number of aryl methyl sites for hydroxylation is 2. The number of hydrogen-bond acceptors (Lipinski definition) is 6. The Morgan fingerprint density at radius 3 is 2.62 bits per heavy atom. The molecule has 1 aliphatic heterocycles. The van der Waals surface area contributed by atoms with Gasteiger partial charge in [-0.1, -0.05) is 18.2 Å². The van der Waals surface area contributed by atoms with Crippen molar-refractivity contribution in [1.29, 1.82) is 5.26 Å². The number of nitrogens with zero attached hydrogens (tertiary/aromatic N) is 6. The number of carbonyl (C=O) groups is 1. The van der Waals surface area contributed by atoms with Crippen molar-refractivity contribution in [1.82, 2.24) is 24.8 Å². The Hall–Kier alpha value is -3.44. The van der Waals surface area contributed by atoms with Crippen LogP contribution in [0.25, 0.3) is 5.65 Å². The monoisotopic (exact) mass is 431 g/mol. The predicted octanol–water partition coefficient (Wildman–Crippen LogP) is 2.09. The topological polar surface area (TPSA) is 89.6 Å². The van der Waals surface area contributed by atoms with Crippen molar-refractivity contribution >= 4 is 17.2 Å². The van der Waals surface area contributed by atoms with Crippen LogP contribution in [0.3, 0.4) is 0 Å². The number of nitriles is 1. The maximum absolute atomic E-state index is 12.4. The standard InChI is InChI=1S/C24H29N7O/c1-18-22(19(2)31-24(28-18)20(16-25)17-27-31)8-9-23(32)26-10-11-29-12-14-30(15-13-29)21-6-4-3-5-7-21/h3-7,17H,8-15H2,1-2H3,(H,26,32). The van der Waals surface area contributed by atoms with Crippen LogP contribution >= 0.6 is 0 Å². The molecule has 1 fully saturated rings. The van der Waals surface area contributed by atoms with Crippen molar-refractivity contribution in [2.24, 2.45) is 0 Å². The van der Waals surface area contributed by atoms with E-state index in [-0.39, 0.29) is 5.91 Å². The zero-order valence-electron chi connectivity index (χ0n) is 18.7. The summed E-state index contributed by atoms with van der Waals surface area (Å²) < 4.78 is 1.69. The Labute approximate surface area is 188 Å². The number of aromatic nitrogens is 3. The van der Waals surface area contributed by atoms with Crippen LogP contribution in [0.5, 0.6) is 0 Å². The molecule has 0 unspecified atom stereocenters. The van der Waals surface area contributed by atoms with E-state index in [9.17, 15) is 10.1 Å². The molecule has 0 bridgehead atoms. The van der Waals surface area contributed by atoms with Crippen LogP contribution in [0.15, 0.2) is 36.5 Å². The molecule has 1 aromatic carbocycles. The van der Waals surface area contributed by atoms with E-state index in [1.165, 1.54) is 11.9 Å². The first-order chi connectivity index (χ1) is 15.6. The fourth-order valence-electron chi connectivity index (χ4n) is 4.30. The molecule has 1 amide bonds. The number of benzene rings is 1. The molecule has 0 radical (unpaired) electrons. The van der Waals surface area contributed by atoms with Gasteiger partial charge in [0, 0.05) is 62.8 Å². The first-order valence-electron chi connectivity index (χ1n) is 11.1. The lowest BCUT2D eigenvalue weighted by Crippen LogP contribution is -2.48. The van der Waals surface area contributed by atoms with Crippen LogP contribution in [0, 0.1) is 25.2 Å². The van der Waals surface area contributed by atoms with Crippen molar-refractivity contribution in [3.05, 3.63) is 59.0 Å². The minimum atomic E-state index is 0.0463. The van der Waals surface area contributed by atoms with Gasteiger partial charge in [0.25, 0.3) is 0 Å². The Morgan fingerprint density at radius 2 is 1.91 bits per heavy atom. The molecule has 0 saturated carbocycles. The number of anilines is 1. The third-order valence-corrected chi connectivity index (χ3v) is 6.17. The lowest BCUT2D eigenvalue weighted by atomic mass is 10.1. The highest BCUT2D eigenvalue weighted by atomic mass is 16.1. The van der Waals surface area contributed by atoms with Crippen molar-refractivity contribution in [3.63, 3.8) is 0 Å². The van der Waals surface area contributed by atoms with E-state index in [1.54, 1.807) is 4.52 Å². The number of fused-ring (bicyclic) bond motifs is 1. The molecular weight excluding hydrogens is 402 g/mol. The van der Waals surface area contributed by atoms with E-state index in [1.807, 2.05) is 19.9 Å². The lowest BCUT2D eigenvalue weighted by molar-refractivity contribution is -0.121. The zero-order chi connectivity index (χ0) is 22.5. The molecule has 8 nitrogen and oxygen atoms in total. The van der Waals surface area contributed by atoms with E-state index in [0.717, 1.165) is 49.7 Å². The second kappa shape index (κ2) is 9.79. The summed E-state index contributed by atoms with van der Waals surface area (Å²) in [7, 11) is 0. The van der Waals surface area contributed by atoms with Crippen LogP contribution in [0.1, 0.15) is 28.9 Å². The van der Waals surface area contributed by atoms with Crippen LogP contribution in [-0.2, 0) is 11.2 Å². The van der Waals surface area contributed by atoms with Crippen LogP contribution in [0.4, 0.5) is 5.69 Å². The number of rotatable bonds is 7. The van der Waals surface area contributed by atoms with Gasteiger partial charge in [-0.2, -0.15) is 10.4 Å². The van der Waals surface area contributed by atoms with E-state index in [2.05, 4.69) is 55.5 Å². The number of carbonyl (C=O) groups excluding carboxylic acids is 1. The summed E-state index contributed by atoms with van der Waals surface area (Å²) in [6, 6.07) is 12.6. The van der Waals surface area contributed by atoms with Crippen LogP contribution in [0.2, 0.25) is 0 Å². The third-order valence-electron chi connectivity index (χ3n) is 6.17. The fraction of sp³-hybridized carbons (Fsp3) is 0.417. The highest BCUT2D eigenvalue weighted by Gasteiger charge is 2.17. The Kier molecular flexibility index (Phi) is 6.66. The van der Waals surface area contributed by atoms with Gasteiger partial charge < -0.3 is 10.2 Å². The Bertz CT molecular complexity index is 1120. The summed E-state index contributed by atoms with van der Waals surface area (Å²) in [5, 5.41) is 16.5. The summed E-state index contributed by atoms with van der Waals surface area (Å²) in [5.74, 6) is 0.0463. The highest BCUT2D eigenvalue weighted by molar-refractivity contribution is 5.76. The molecule has 0 aliphatic carbocycles. The zero-order valence-corrected chi connectivity index (χ0v) is 18.7. The summed E-state index contributed by atoms with van der Waals surface area (Å²) in [6.07, 6.45) is 2.54. The number of para-hydroxylation sites is 1. The van der Waals surface area contributed by atoms with Gasteiger partial charge in [0.2, 0.25) is 5.91 Å². The summed E-state index contributed by atoms with van der Waals surface area (Å²) in [6.45, 7) is 9.42. The summed E-state index contributed by atoms with van der Waals surface area (Å²) in [5.41, 5.74) is 5.09. The fourth-order valence-corrected chi connectivity index (χ4v) is 4.30. The molecule has 2 aromatic heterocycles. The molecule has 32 heavy (non-hydrogen) atoms. The quantitative estimate of drug-likeness (QED) is 0.616. The molecule has 166 valence electrons. The van der Waals surface area contributed by atoms with E-state index >= 15 is 0 Å². The molecule has 3 heterocycles. The number of piperazine rings is 1. The molecule has 4 rings (SSSR count). The second-order valence-electron chi connectivity index (χ2n) is 8.18. The Balaban J connectivity index is 1.22. The second-order valence-corrected chi connectivity index (χ2v) is 8.18. The average molecular weight is 432 g/mol. The minimum absolute atomic E-state index is 0.0463. The molecule has 1 N–H and O–H groups in total. The average Bonchev–Trinajstić information content (AvgIpc) is 3.23. The lowest BCUT2D eigenvalue weighted by Gasteiger charge is -2.36. The van der Waals surface area contributed by atoms with Gasteiger partial charge in [0.15, 0.2) is 5.65 Å². The van der Waals surface area contributed by atoms with E-state index < -0.39 is 0 Å². The normalized spacial score (nSPS) is 14.5. The van der Waals surface area contributed by atoms with Gasteiger partial charge in [-0.25, -0.2) is 9.50 Å². The first-order valence-corrected chi connectivity index (χ1v) is 11.1. The minimum Gasteiger partial charge on any atom is -0.369 e. The summed E-state index contributed by atoms with van der Waals surface area (Å²) in [4.78, 5) is 21.7.